The van der Waals surface area contributed by atoms with Gasteiger partial charge in [0.15, 0.2) is 0 Å². The Bertz CT molecular complexity index is 1090. The molecule has 1 N–H and O–H groups in total. The molecule has 4 rings (SSSR count). The van der Waals surface area contributed by atoms with Gasteiger partial charge in [-0.3, -0.25) is 4.79 Å². The van der Waals surface area contributed by atoms with Crippen LogP contribution in [0.5, 0.6) is 0 Å². The van der Waals surface area contributed by atoms with Crippen molar-refractivity contribution in [2.45, 2.75) is 72.0 Å². The van der Waals surface area contributed by atoms with Crippen LogP contribution in [-0.2, 0) is 0 Å². The molecule has 2 aliphatic heterocycles. The Morgan fingerprint density at radius 2 is 1.82 bits per heavy atom. The van der Waals surface area contributed by atoms with Crippen LogP contribution in [0.3, 0.4) is 0 Å². The van der Waals surface area contributed by atoms with Crippen LogP contribution in [0.2, 0.25) is 5.15 Å². The average Bonchev–Trinajstić information content (AvgIpc) is 3.19. The maximum absolute atomic E-state index is 13.5. The number of nitrogens with one attached hydrogen (secondary N) is 1. The second-order valence-corrected chi connectivity index (χ2v) is 11.7. The number of carbonyl (C=O) groups excluding carboxylic acids is 2. The topological polar surface area (TPSA) is 68.8 Å². The van der Waals surface area contributed by atoms with Crippen molar-refractivity contribution >= 4 is 23.5 Å². The largest absolute Gasteiger partial charge is 0.352 e. The molecule has 0 aliphatic carbocycles. The summed E-state index contributed by atoms with van der Waals surface area (Å²) in [7, 11) is 0. The molecule has 2 saturated heterocycles. The fraction of sp³-hybridized carbons (Fsp3) is 0.567. The second-order valence-electron chi connectivity index (χ2n) is 11.3. The van der Waals surface area contributed by atoms with Crippen molar-refractivity contribution in [1.29, 1.82) is 0 Å². The Labute approximate surface area is 232 Å². The van der Waals surface area contributed by atoms with Crippen molar-refractivity contribution in [3.63, 3.8) is 0 Å². The van der Waals surface area contributed by atoms with E-state index in [1.807, 2.05) is 24.8 Å². The first-order chi connectivity index (χ1) is 18.2. The van der Waals surface area contributed by atoms with E-state index in [-0.39, 0.29) is 24.0 Å². The lowest BCUT2D eigenvalue weighted by molar-refractivity contribution is 0.0885. The van der Waals surface area contributed by atoms with Gasteiger partial charge in [0.05, 0.1) is 17.3 Å². The number of aryl methyl sites for hydroxylation is 2. The van der Waals surface area contributed by atoms with Crippen molar-refractivity contribution in [3.8, 4) is 0 Å². The van der Waals surface area contributed by atoms with Gasteiger partial charge in [-0.15, -0.1) is 0 Å². The minimum Gasteiger partial charge on any atom is -0.352 e. The first-order valence-electron chi connectivity index (χ1n) is 13.9. The quantitative estimate of drug-likeness (QED) is 0.430. The Morgan fingerprint density at radius 1 is 1.13 bits per heavy atom. The third kappa shape index (κ3) is 6.49. The molecule has 0 spiro atoms. The fourth-order valence-electron chi connectivity index (χ4n) is 6.01. The lowest BCUT2D eigenvalue weighted by Crippen LogP contribution is -2.49. The molecule has 2 aliphatic rings. The van der Waals surface area contributed by atoms with Crippen LogP contribution in [-0.4, -0.2) is 76.4 Å². The van der Waals surface area contributed by atoms with Gasteiger partial charge in [-0.05, 0) is 63.1 Å². The predicted octanol–water partition coefficient (Wildman–Crippen LogP) is 5.46. The van der Waals surface area contributed by atoms with Gasteiger partial charge in [-0.1, -0.05) is 55.8 Å². The number of nitrogens with zero attached hydrogens (tertiary/aromatic N) is 4. The number of urea groups is 1. The van der Waals surface area contributed by atoms with Gasteiger partial charge < -0.3 is 20.0 Å². The number of hydrogen-bond acceptors (Lipinski definition) is 4. The van der Waals surface area contributed by atoms with Crippen LogP contribution in [0, 0.1) is 19.8 Å². The van der Waals surface area contributed by atoms with E-state index in [0.29, 0.717) is 34.9 Å². The molecule has 8 heteroatoms. The number of piperidine rings is 1. The van der Waals surface area contributed by atoms with Crippen LogP contribution in [0.15, 0.2) is 36.4 Å². The lowest BCUT2D eigenvalue weighted by atomic mass is 9.98. The first-order valence-corrected chi connectivity index (χ1v) is 14.3. The number of hydrogen-bond donors (Lipinski definition) is 1. The normalized spacial score (nSPS) is 19.9. The molecular weight excluding hydrogens is 498 g/mol. The maximum atomic E-state index is 13.5. The number of halogens is 1. The molecule has 206 valence electrons. The van der Waals surface area contributed by atoms with Gasteiger partial charge in [0, 0.05) is 44.8 Å². The highest BCUT2D eigenvalue weighted by Gasteiger charge is 2.43. The molecule has 1 aromatic carbocycles. The standard InChI is InChI=1S/C30H42ClN5O2/c1-20(2)18-35-19-26(24-9-7-6-8-10-24)36(30(35)38)25-12-15-34(16-13-25)22(4)11-14-32-29(37)28-21(3)17-27(31)33-23(28)5/h6-10,17,20,22,25-26H,11-16,18-19H2,1-5H3,(H,32,37). The third-order valence-corrected chi connectivity index (χ3v) is 8.14. The molecule has 3 heterocycles. The number of rotatable bonds is 9. The predicted molar refractivity (Wildman–Crippen MR) is 153 cm³/mol. The Morgan fingerprint density at radius 3 is 2.45 bits per heavy atom. The summed E-state index contributed by atoms with van der Waals surface area (Å²) in [6.45, 7) is 14.3. The molecule has 3 amide bonds. The highest BCUT2D eigenvalue weighted by Crippen LogP contribution is 2.35. The molecule has 2 aromatic rings. The van der Waals surface area contributed by atoms with Gasteiger partial charge >= 0.3 is 6.03 Å². The van der Waals surface area contributed by atoms with Gasteiger partial charge in [-0.25, -0.2) is 9.78 Å². The van der Waals surface area contributed by atoms with E-state index >= 15 is 0 Å². The van der Waals surface area contributed by atoms with Crippen molar-refractivity contribution in [2.24, 2.45) is 5.92 Å². The van der Waals surface area contributed by atoms with E-state index in [1.165, 1.54) is 5.56 Å². The summed E-state index contributed by atoms with van der Waals surface area (Å²) in [6, 6.07) is 13.1. The number of pyridine rings is 1. The summed E-state index contributed by atoms with van der Waals surface area (Å²) in [5.74, 6) is 0.350. The highest BCUT2D eigenvalue weighted by molar-refractivity contribution is 6.29. The summed E-state index contributed by atoms with van der Waals surface area (Å²) in [5.41, 5.74) is 3.32. The molecular formula is C30H42ClN5O2. The van der Waals surface area contributed by atoms with E-state index in [9.17, 15) is 9.59 Å². The number of likely N-dealkylation sites (tertiary alicyclic amines) is 1. The zero-order valence-corrected chi connectivity index (χ0v) is 24.2. The van der Waals surface area contributed by atoms with Crippen LogP contribution < -0.4 is 5.32 Å². The lowest BCUT2D eigenvalue weighted by Gasteiger charge is -2.41. The van der Waals surface area contributed by atoms with Gasteiger partial charge in [0.1, 0.15) is 5.15 Å². The minimum atomic E-state index is -0.0967. The van der Waals surface area contributed by atoms with Crippen LogP contribution in [0.1, 0.15) is 73.3 Å². The van der Waals surface area contributed by atoms with E-state index in [4.69, 9.17) is 11.6 Å². The molecule has 7 nitrogen and oxygen atoms in total. The molecule has 1 aromatic heterocycles. The van der Waals surface area contributed by atoms with E-state index in [0.717, 1.165) is 51.0 Å². The minimum absolute atomic E-state index is 0.0967. The van der Waals surface area contributed by atoms with Crippen LogP contribution in [0.25, 0.3) is 0 Å². The van der Waals surface area contributed by atoms with Gasteiger partial charge in [-0.2, -0.15) is 0 Å². The van der Waals surface area contributed by atoms with E-state index in [1.54, 1.807) is 6.07 Å². The average molecular weight is 540 g/mol. The monoisotopic (exact) mass is 539 g/mol. The molecule has 2 unspecified atom stereocenters. The van der Waals surface area contributed by atoms with Gasteiger partial charge in [0.25, 0.3) is 5.91 Å². The number of carbonyl (C=O) groups is 2. The summed E-state index contributed by atoms with van der Waals surface area (Å²) >= 11 is 6.01. The third-order valence-electron chi connectivity index (χ3n) is 7.95. The Balaban J connectivity index is 1.31. The van der Waals surface area contributed by atoms with Crippen molar-refractivity contribution in [3.05, 3.63) is 63.9 Å². The number of aromatic nitrogens is 1. The summed E-state index contributed by atoms with van der Waals surface area (Å²) in [4.78, 5) is 37.2. The second kappa shape index (κ2) is 12.5. The summed E-state index contributed by atoms with van der Waals surface area (Å²) in [5, 5.41) is 3.48. The molecule has 38 heavy (non-hydrogen) atoms. The van der Waals surface area contributed by atoms with Crippen molar-refractivity contribution < 1.29 is 9.59 Å². The molecule has 0 radical (unpaired) electrons. The van der Waals surface area contributed by atoms with E-state index < -0.39 is 0 Å². The fourth-order valence-corrected chi connectivity index (χ4v) is 6.31. The van der Waals surface area contributed by atoms with E-state index in [2.05, 4.69) is 65.1 Å². The number of benzene rings is 1. The Hall–Kier alpha value is -2.64. The number of amides is 3. The summed E-state index contributed by atoms with van der Waals surface area (Å²) in [6.07, 6.45) is 2.80. The molecule has 0 saturated carbocycles. The molecule has 2 atom stereocenters. The molecule has 2 fully saturated rings. The smallest absolute Gasteiger partial charge is 0.320 e. The highest BCUT2D eigenvalue weighted by atomic mass is 35.5. The SMILES string of the molecule is Cc1cc(Cl)nc(C)c1C(=O)NCCC(C)N1CCC(N2C(=O)N(CC(C)C)CC2c2ccccc2)CC1. The van der Waals surface area contributed by atoms with Gasteiger partial charge in [0.2, 0.25) is 0 Å². The first kappa shape index (κ1) is 28.4. The van der Waals surface area contributed by atoms with Crippen molar-refractivity contribution in [1.82, 2.24) is 25.0 Å². The Kier molecular flexibility index (Phi) is 9.32. The molecule has 0 bridgehead atoms. The van der Waals surface area contributed by atoms with Crippen LogP contribution in [0.4, 0.5) is 4.79 Å². The summed E-state index contributed by atoms with van der Waals surface area (Å²) < 4.78 is 0. The zero-order chi connectivity index (χ0) is 27.4. The maximum Gasteiger partial charge on any atom is 0.320 e. The zero-order valence-electron chi connectivity index (χ0n) is 23.4. The van der Waals surface area contributed by atoms with Crippen LogP contribution >= 0.6 is 11.6 Å². The van der Waals surface area contributed by atoms with Crippen molar-refractivity contribution in [2.75, 3.05) is 32.7 Å².